The number of carbonyl (C=O) groups is 1. The fraction of sp³-hybridized carbons (Fsp3) is 0.143. The van der Waals surface area contributed by atoms with Gasteiger partial charge in [0, 0.05) is 24.3 Å². The summed E-state index contributed by atoms with van der Waals surface area (Å²) < 4.78 is 6.61. The van der Waals surface area contributed by atoms with Crippen LogP contribution in [-0.2, 0) is 7.05 Å². The molecule has 0 spiro atoms. The summed E-state index contributed by atoms with van der Waals surface area (Å²) >= 11 is 5.82. The van der Waals surface area contributed by atoms with Crippen molar-refractivity contribution in [2.75, 3.05) is 0 Å². The van der Waals surface area contributed by atoms with Crippen LogP contribution < -0.4 is 10.3 Å². The lowest BCUT2D eigenvalue weighted by atomic mass is 10.2. The van der Waals surface area contributed by atoms with Gasteiger partial charge in [0.15, 0.2) is 0 Å². The number of rotatable bonds is 2. The van der Waals surface area contributed by atoms with E-state index in [1.54, 1.807) is 32.2 Å². The van der Waals surface area contributed by atoms with Gasteiger partial charge in [-0.15, -0.1) is 0 Å². The highest BCUT2D eigenvalue weighted by molar-refractivity contribution is 6.30. The Morgan fingerprint density at radius 1 is 1.26 bits per heavy atom. The maximum Gasteiger partial charge on any atom is 0.343 e. The monoisotopic (exact) mass is 277 g/mol. The normalized spacial score (nSPS) is 10.3. The average molecular weight is 278 g/mol. The summed E-state index contributed by atoms with van der Waals surface area (Å²) in [6.45, 7) is 1.79. The number of aryl methyl sites for hydroxylation is 2. The molecule has 1 aromatic carbocycles. The van der Waals surface area contributed by atoms with Gasteiger partial charge in [-0.1, -0.05) is 11.6 Å². The summed E-state index contributed by atoms with van der Waals surface area (Å²) in [6, 6.07) is 7.74. The second-order valence-corrected chi connectivity index (χ2v) is 4.60. The molecule has 0 amide bonds. The van der Waals surface area contributed by atoms with Gasteiger partial charge in [-0.25, -0.2) is 4.79 Å². The molecule has 0 unspecified atom stereocenters. The molecule has 4 nitrogen and oxygen atoms in total. The molecule has 0 radical (unpaired) electrons. The van der Waals surface area contributed by atoms with Crippen molar-refractivity contribution in [3.05, 3.63) is 63.0 Å². The van der Waals surface area contributed by atoms with E-state index in [4.69, 9.17) is 16.3 Å². The van der Waals surface area contributed by atoms with Crippen molar-refractivity contribution in [3.8, 4) is 5.75 Å². The van der Waals surface area contributed by atoms with Gasteiger partial charge in [-0.05, 0) is 36.8 Å². The number of hydrogen-bond donors (Lipinski definition) is 0. The van der Waals surface area contributed by atoms with Crippen molar-refractivity contribution in [2.45, 2.75) is 6.92 Å². The molecule has 0 aliphatic carbocycles. The van der Waals surface area contributed by atoms with Crippen LogP contribution in [0.15, 0.2) is 41.3 Å². The van der Waals surface area contributed by atoms with E-state index in [0.29, 0.717) is 10.8 Å². The van der Waals surface area contributed by atoms with E-state index in [0.717, 1.165) is 5.56 Å². The molecule has 0 atom stereocenters. The van der Waals surface area contributed by atoms with E-state index >= 15 is 0 Å². The standard InChI is InChI=1S/C14H12ClNO3/c1-9-7-11(15)3-4-12(9)19-14(18)10-5-6-16(2)13(17)8-10/h3-8H,1-2H3. The van der Waals surface area contributed by atoms with Crippen molar-refractivity contribution in [2.24, 2.45) is 7.05 Å². The van der Waals surface area contributed by atoms with E-state index in [1.165, 1.54) is 22.9 Å². The SMILES string of the molecule is Cc1cc(Cl)ccc1OC(=O)c1ccn(C)c(=O)c1. The van der Waals surface area contributed by atoms with Crippen molar-refractivity contribution >= 4 is 17.6 Å². The Labute approximate surface area is 115 Å². The molecule has 0 bridgehead atoms. The fourth-order valence-electron chi connectivity index (χ4n) is 1.56. The topological polar surface area (TPSA) is 48.3 Å². The molecule has 1 aromatic heterocycles. The largest absolute Gasteiger partial charge is 0.423 e. The summed E-state index contributed by atoms with van der Waals surface area (Å²) in [6.07, 6.45) is 1.52. The number of esters is 1. The summed E-state index contributed by atoms with van der Waals surface area (Å²) in [7, 11) is 1.61. The van der Waals surface area contributed by atoms with Crippen LogP contribution in [0.1, 0.15) is 15.9 Å². The number of ether oxygens (including phenoxy) is 1. The predicted octanol–water partition coefficient (Wildman–Crippen LogP) is 2.57. The molecule has 0 aliphatic heterocycles. The molecule has 2 rings (SSSR count). The highest BCUT2D eigenvalue weighted by atomic mass is 35.5. The summed E-state index contributed by atoms with van der Waals surface area (Å²) in [5.74, 6) is -0.141. The number of aromatic nitrogens is 1. The average Bonchev–Trinajstić information content (AvgIpc) is 2.36. The van der Waals surface area contributed by atoms with Gasteiger partial charge in [0.05, 0.1) is 5.56 Å². The lowest BCUT2D eigenvalue weighted by molar-refractivity contribution is 0.0733. The van der Waals surface area contributed by atoms with Gasteiger partial charge < -0.3 is 9.30 Å². The van der Waals surface area contributed by atoms with Crippen LogP contribution in [0, 0.1) is 6.92 Å². The van der Waals surface area contributed by atoms with Crippen molar-refractivity contribution in [1.82, 2.24) is 4.57 Å². The molecule has 0 aliphatic rings. The van der Waals surface area contributed by atoms with Crippen LogP contribution in [0.4, 0.5) is 0 Å². The lowest BCUT2D eigenvalue weighted by Crippen LogP contribution is -2.19. The first kappa shape index (κ1) is 13.4. The smallest absolute Gasteiger partial charge is 0.343 e. The van der Waals surface area contributed by atoms with Crippen molar-refractivity contribution < 1.29 is 9.53 Å². The van der Waals surface area contributed by atoms with E-state index in [-0.39, 0.29) is 11.1 Å². The summed E-state index contributed by atoms with van der Waals surface area (Å²) in [4.78, 5) is 23.4. The molecule has 98 valence electrons. The van der Waals surface area contributed by atoms with Gasteiger partial charge in [-0.2, -0.15) is 0 Å². The Balaban J connectivity index is 2.25. The maximum absolute atomic E-state index is 11.9. The first-order valence-electron chi connectivity index (χ1n) is 5.62. The quantitative estimate of drug-likeness (QED) is 0.626. The zero-order valence-electron chi connectivity index (χ0n) is 10.5. The van der Waals surface area contributed by atoms with Crippen LogP contribution >= 0.6 is 11.6 Å². The Hall–Kier alpha value is -2.07. The Morgan fingerprint density at radius 2 is 2.00 bits per heavy atom. The molecule has 0 saturated heterocycles. The molecule has 0 saturated carbocycles. The first-order valence-corrected chi connectivity index (χ1v) is 6.00. The number of hydrogen-bond acceptors (Lipinski definition) is 3. The summed E-state index contributed by atoms with van der Waals surface area (Å²) in [5, 5.41) is 0.575. The van der Waals surface area contributed by atoms with E-state index in [9.17, 15) is 9.59 Å². The van der Waals surface area contributed by atoms with Gasteiger partial charge >= 0.3 is 5.97 Å². The molecule has 2 aromatic rings. The van der Waals surface area contributed by atoms with E-state index in [1.807, 2.05) is 0 Å². The second-order valence-electron chi connectivity index (χ2n) is 4.16. The fourth-order valence-corrected chi connectivity index (χ4v) is 1.79. The molecular weight excluding hydrogens is 266 g/mol. The minimum Gasteiger partial charge on any atom is -0.423 e. The van der Waals surface area contributed by atoms with Crippen LogP contribution in [0.5, 0.6) is 5.75 Å². The van der Waals surface area contributed by atoms with Crippen LogP contribution in [-0.4, -0.2) is 10.5 Å². The molecule has 0 N–H and O–H groups in total. The van der Waals surface area contributed by atoms with Crippen molar-refractivity contribution in [1.29, 1.82) is 0 Å². The summed E-state index contributed by atoms with van der Waals surface area (Å²) in [5.41, 5.74) is 0.712. The van der Waals surface area contributed by atoms with Crippen LogP contribution in [0.2, 0.25) is 5.02 Å². The Morgan fingerprint density at radius 3 is 2.63 bits per heavy atom. The molecule has 19 heavy (non-hydrogen) atoms. The minimum absolute atomic E-state index is 0.220. The van der Waals surface area contributed by atoms with Gasteiger partial charge in [0.25, 0.3) is 5.56 Å². The predicted molar refractivity (Wildman–Crippen MR) is 72.8 cm³/mol. The van der Waals surface area contributed by atoms with Crippen molar-refractivity contribution in [3.63, 3.8) is 0 Å². The number of pyridine rings is 1. The van der Waals surface area contributed by atoms with E-state index < -0.39 is 5.97 Å². The minimum atomic E-state index is -0.567. The first-order chi connectivity index (χ1) is 8.97. The number of halogens is 1. The van der Waals surface area contributed by atoms with Crippen LogP contribution in [0.25, 0.3) is 0 Å². The second kappa shape index (κ2) is 5.28. The van der Waals surface area contributed by atoms with Gasteiger partial charge in [0.1, 0.15) is 5.75 Å². The molecule has 0 fully saturated rings. The lowest BCUT2D eigenvalue weighted by Gasteiger charge is -2.07. The third-order valence-corrected chi connectivity index (χ3v) is 2.91. The third kappa shape index (κ3) is 3.03. The molecule has 1 heterocycles. The van der Waals surface area contributed by atoms with Gasteiger partial charge in [0.2, 0.25) is 0 Å². The van der Waals surface area contributed by atoms with Gasteiger partial charge in [-0.3, -0.25) is 4.79 Å². The van der Waals surface area contributed by atoms with Crippen LogP contribution in [0.3, 0.4) is 0 Å². The third-order valence-electron chi connectivity index (χ3n) is 2.68. The highest BCUT2D eigenvalue weighted by Gasteiger charge is 2.11. The zero-order chi connectivity index (χ0) is 14.0. The number of carbonyl (C=O) groups excluding carboxylic acids is 1. The molecule has 5 heteroatoms. The number of benzene rings is 1. The number of nitrogens with zero attached hydrogens (tertiary/aromatic N) is 1. The zero-order valence-corrected chi connectivity index (χ0v) is 11.3. The highest BCUT2D eigenvalue weighted by Crippen LogP contribution is 2.22. The maximum atomic E-state index is 11.9. The molecular formula is C14H12ClNO3. The van der Waals surface area contributed by atoms with E-state index in [2.05, 4.69) is 0 Å². The Kier molecular flexibility index (Phi) is 3.71. The Bertz CT molecular complexity index is 691.